The minimum atomic E-state index is -1.73. The molecule has 2 aliphatic rings. The van der Waals surface area contributed by atoms with Gasteiger partial charge >= 0.3 is 5.97 Å². The summed E-state index contributed by atoms with van der Waals surface area (Å²) in [5.41, 5.74) is 0. The van der Waals surface area contributed by atoms with E-state index < -0.39 is 80.6 Å². The molecule has 2 aliphatic heterocycles. The van der Waals surface area contributed by atoms with E-state index in [2.05, 4.69) is 6.92 Å². The summed E-state index contributed by atoms with van der Waals surface area (Å²) in [6.07, 6.45) is -2.72. The first kappa shape index (κ1) is 33.3. The van der Waals surface area contributed by atoms with Gasteiger partial charge in [-0.15, -0.1) is 0 Å². The molecule has 0 aromatic carbocycles. The lowest BCUT2D eigenvalue weighted by molar-refractivity contribution is -0.359. The van der Waals surface area contributed by atoms with Gasteiger partial charge in [0, 0.05) is 13.5 Å². The van der Waals surface area contributed by atoms with Crippen LogP contribution in [-0.2, 0) is 28.5 Å². The largest absolute Gasteiger partial charge is 0.457 e. The lowest BCUT2D eigenvalue weighted by Gasteiger charge is -2.46. The van der Waals surface area contributed by atoms with Gasteiger partial charge in [0.1, 0.15) is 42.7 Å². The molecule has 0 saturated carbocycles. The molecule has 0 aromatic heterocycles. The molecule has 6 N–H and O–H groups in total. The Kier molecular flexibility index (Phi) is 15.5. The van der Waals surface area contributed by atoms with Crippen LogP contribution in [0.1, 0.15) is 78.1 Å². The first-order chi connectivity index (χ1) is 18.2. The van der Waals surface area contributed by atoms with Crippen molar-refractivity contribution >= 4 is 5.97 Å². The van der Waals surface area contributed by atoms with Crippen LogP contribution in [0.25, 0.3) is 0 Å². The molecule has 0 aromatic rings. The van der Waals surface area contributed by atoms with Crippen LogP contribution >= 0.6 is 0 Å². The summed E-state index contributed by atoms with van der Waals surface area (Å²) in [6, 6.07) is 0. The minimum absolute atomic E-state index is 0.307. The molecule has 12 heteroatoms. The molecule has 0 aliphatic carbocycles. The molecule has 2 rings (SSSR count). The SMILES string of the molecule is CCCCCCCCCCCCO[C@H]1OC(CO)[C@@H](O[C@H]2OC(CO)[C@@H](OC(C)=O)[C@H](O)C2O)[C@H](O)C1O. The molecule has 10 atom stereocenters. The van der Waals surface area contributed by atoms with Crippen molar-refractivity contribution < 1.29 is 59.1 Å². The number of carbonyl (C=O) groups excluding carboxylic acids is 1. The molecule has 2 heterocycles. The number of ether oxygens (including phenoxy) is 5. The van der Waals surface area contributed by atoms with E-state index >= 15 is 0 Å². The summed E-state index contributed by atoms with van der Waals surface area (Å²) in [5.74, 6) is -0.744. The van der Waals surface area contributed by atoms with E-state index in [4.69, 9.17) is 23.7 Å². The predicted octanol–water partition coefficient (Wildman–Crippen LogP) is 0.119. The standard InChI is InChI=1S/C26H48O12/c1-3-4-5-6-7-8-9-10-11-12-13-34-25-21(32)19(30)24(18(15-28)36-25)38-26-22(33)20(31)23(35-16(2)29)17(14-27)37-26/h17-28,30-33H,3-15H2,1-2H3/t17?,18?,19-,20-,21?,22?,23-,24-,25+,26-/m1/s1. The quantitative estimate of drug-likeness (QED) is 0.106. The van der Waals surface area contributed by atoms with Crippen molar-refractivity contribution in [2.75, 3.05) is 19.8 Å². The molecule has 0 amide bonds. The summed E-state index contributed by atoms with van der Waals surface area (Å²) in [5, 5.41) is 61.5. The van der Waals surface area contributed by atoms with Crippen molar-refractivity contribution in [1.29, 1.82) is 0 Å². The molecule has 224 valence electrons. The predicted molar refractivity (Wildman–Crippen MR) is 134 cm³/mol. The Morgan fingerprint density at radius 1 is 0.684 bits per heavy atom. The Morgan fingerprint density at radius 3 is 1.71 bits per heavy atom. The van der Waals surface area contributed by atoms with Gasteiger partial charge in [-0.2, -0.15) is 0 Å². The molecule has 0 spiro atoms. The fourth-order valence-electron chi connectivity index (χ4n) is 4.80. The van der Waals surface area contributed by atoms with E-state index in [9.17, 15) is 35.4 Å². The number of hydrogen-bond donors (Lipinski definition) is 6. The van der Waals surface area contributed by atoms with E-state index in [-0.39, 0.29) is 0 Å². The van der Waals surface area contributed by atoms with Gasteiger partial charge < -0.3 is 54.3 Å². The maximum atomic E-state index is 11.3. The first-order valence-electron chi connectivity index (χ1n) is 13.9. The van der Waals surface area contributed by atoms with Crippen LogP contribution in [0.2, 0.25) is 0 Å². The van der Waals surface area contributed by atoms with E-state index in [0.29, 0.717) is 6.61 Å². The number of esters is 1. The highest BCUT2D eigenvalue weighted by atomic mass is 16.7. The first-order valence-corrected chi connectivity index (χ1v) is 13.9. The van der Waals surface area contributed by atoms with Crippen molar-refractivity contribution in [3.63, 3.8) is 0 Å². The molecule has 38 heavy (non-hydrogen) atoms. The van der Waals surface area contributed by atoms with E-state index in [1.54, 1.807) is 0 Å². The Morgan fingerprint density at radius 2 is 1.16 bits per heavy atom. The van der Waals surface area contributed by atoms with Crippen molar-refractivity contribution in [3.8, 4) is 0 Å². The smallest absolute Gasteiger partial charge is 0.303 e. The molecular weight excluding hydrogens is 504 g/mol. The fraction of sp³-hybridized carbons (Fsp3) is 0.962. The number of carbonyl (C=O) groups is 1. The van der Waals surface area contributed by atoms with Gasteiger partial charge in [0.15, 0.2) is 18.7 Å². The highest BCUT2D eigenvalue weighted by Gasteiger charge is 2.51. The Hall–Kier alpha value is -0.930. The molecule has 4 unspecified atom stereocenters. The van der Waals surface area contributed by atoms with E-state index in [1.807, 2.05) is 0 Å². The summed E-state index contributed by atoms with van der Waals surface area (Å²) in [4.78, 5) is 11.3. The zero-order valence-electron chi connectivity index (χ0n) is 22.6. The Balaban J connectivity index is 1.80. The lowest BCUT2D eigenvalue weighted by atomic mass is 9.97. The molecule has 12 nitrogen and oxygen atoms in total. The summed E-state index contributed by atoms with van der Waals surface area (Å²) in [7, 11) is 0. The third kappa shape index (κ3) is 9.92. The van der Waals surface area contributed by atoms with E-state index in [0.717, 1.165) is 26.2 Å². The number of unbranched alkanes of at least 4 members (excludes halogenated alkanes) is 9. The van der Waals surface area contributed by atoms with Crippen molar-refractivity contribution in [2.24, 2.45) is 0 Å². The average molecular weight is 553 g/mol. The van der Waals surface area contributed by atoms with Gasteiger partial charge in [-0.3, -0.25) is 4.79 Å². The lowest BCUT2D eigenvalue weighted by Crippen LogP contribution is -2.65. The second-order valence-corrected chi connectivity index (χ2v) is 10.1. The molecular formula is C26H48O12. The number of hydrogen-bond acceptors (Lipinski definition) is 12. The molecule has 0 radical (unpaired) electrons. The van der Waals surface area contributed by atoms with Crippen molar-refractivity contribution in [1.82, 2.24) is 0 Å². The van der Waals surface area contributed by atoms with Gasteiger partial charge in [-0.25, -0.2) is 0 Å². The second kappa shape index (κ2) is 17.7. The van der Waals surface area contributed by atoms with Crippen LogP contribution in [0.5, 0.6) is 0 Å². The maximum Gasteiger partial charge on any atom is 0.303 e. The van der Waals surface area contributed by atoms with Gasteiger partial charge in [0.25, 0.3) is 0 Å². The molecule has 2 saturated heterocycles. The van der Waals surface area contributed by atoms with Crippen LogP contribution < -0.4 is 0 Å². The van der Waals surface area contributed by atoms with Crippen LogP contribution in [0.3, 0.4) is 0 Å². The normalized spacial score (nSPS) is 35.8. The third-order valence-corrected chi connectivity index (χ3v) is 7.01. The van der Waals surface area contributed by atoms with Crippen LogP contribution in [-0.4, -0.2) is 118 Å². The van der Waals surface area contributed by atoms with Crippen LogP contribution in [0.15, 0.2) is 0 Å². The van der Waals surface area contributed by atoms with Gasteiger partial charge in [-0.05, 0) is 6.42 Å². The highest BCUT2D eigenvalue weighted by Crippen LogP contribution is 2.30. The van der Waals surface area contributed by atoms with Gasteiger partial charge in [-0.1, -0.05) is 64.7 Å². The average Bonchev–Trinajstić information content (AvgIpc) is 2.90. The fourth-order valence-corrected chi connectivity index (χ4v) is 4.80. The number of aliphatic hydroxyl groups excluding tert-OH is 6. The van der Waals surface area contributed by atoms with Crippen LogP contribution in [0, 0.1) is 0 Å². The third-order valence-electron chi connectivity index (χ3n) is 7.01. The zero-order chi connectivity index (χ0) is 28.1. The second-order valence-electron chi connectivity index (χ2n) is 10.1. The van der Waals surface area contributed by atoms with Crippen molar-refractivity contribution in [3.05, 3.63) is 0 Å². The number of rotatable bonds is 17. The summed E-state index contributed by atoms with van der Waals surface area (Å²) in [6.45, 7) is 2.36. The van der Waals surface area contributed by atoms with Gasteiger partial charge in [0.05, 0.1) is 13.2 Å². The topological polar surface area (TPSA) is 185 Å². The Labute approximate surface area is 224 Å². The molecule has 0 bridgehead atoms. The number of aliphatic hydroxyl groups is 6. The highest BCUT2D eigenvalue weighted by molar-refractivity contribution is 5.66. The van der Waals surface area contributed by atoms with Crippen LogP contribution in [0.4, 0.5) is 0 Å². The monoisotopic (exact) mass is 552 g/mol. The summed E-state index contributed by atoms with van der Waals surface area (Å²) >= 11 is 0. The van der Waals surface area contributed by atoms with Crippen molar-refractivity contribution in [2.45, 2.75) is 139 Å². The summed E-state index contributed by atoms with van der Waals surface area (Å²) < 4.78 is 27.3. The minimum Gasteiger partial charge on any atom is -0.457 e. The van der Waals surface area contributed by atoms with Gasteiger partial charge in [0.2, 0.25) is 0 Å². The molecule has 2 fully saturated rings. The zero-order valence-corrected chi connectivity index (χ0v) is 22.6. The maximum absolute atomic E-state index is 11.3. The van der Waals surface area contributed by atoms with E-state index in [1.165, 1.54) is 44.9 Å². The Bertz CT molecular complexity index is 648.